The number of hydrogen-bond donors (Lipinski definition) is 1. The van der Waals surface area contributed by atoms with Gasteiger partial charge in [-0.2, -0.15) is 0 Å². The quantitative estimate of drug-likeness (QED) is 0.506. The molecule has 0 unspecified atom stereocenters. The van der Waals surface area contributed by atoms with Crippen LogP contribution in [0, 0.1) is 0 Å². The second-order valence-corrected chi connectivity index (χ2v) is 3.42. The van der Waals surface area contributed by atoms with Gasteiger partial charge in [0.25, 0.3) is 0 Å². The van der Waals surface area contributed by atoms with E-state index in [1.807, 2.05) is 0 Å². The molecule has 0 saturated heterocycles. The largest absolute Gasteiger partial charge is 0.454 e. The summed E-state index contributed by atoms with van der Waals surface area (Å²) in [5.74, 6) is 0.966. The fraction of sp³-hybridized carbons (Fsp3) is 0.200. The number of carbonyl (C=O) groups is 1. The third-order valence-corrected chi connectivity index (χ3v) is 2.58. The summed E-state index contributed by atoms with van der Waals surface area (Å²) in [5.41, 5.74) is 1.51. The van der Waals surface area contributed by atoms with Crippen LogP contribution in [0.2, 0.25) is 0 Å². The van der Waals surface area contributed by atoms with Gasteiger partial charge in [0.05, 0.1) is 0 Å². The maximum absolute atomic E-state index is 11.6. The van der Waals surface area contributed by atoms with Gasteiger partial charge in [0, 0.05) is 12.0 Å². The zero-order chi connectivity index (χ0) is 10.4. The summed E-state index contributed by atoms with van der Waals surface area (Å²) in [4.78, 5) is 11.6. The van der Waals surface area contributed by atoms with E-state index < -0.39 is 0 Å². The number of nitrogens with zero attached hydrogens (tertiary/aromatic N) is 1. The Morgan fingerprint density at radius 3 is 2.73 bits per heavy atom. The molecule has 1 N–H and O–H groups in total. The molecular weight excluding hydrogens is 198 g/mol. The first-order chi connectivity index (χ1) is 7.29. The smallest absolute Gasteiger partial charge is 0.231 e. The lowest BCUT2D eigenvalue weighted by atomic mass is 10.1. The Kier molecular flexibility index (Phi) is 1.50. The Bertz CT molecular complexity index is 492. The van der Waals surface area contributed by atoms with Crippen LogP contribution in [0.4, 0.5) is 0 Å². The van der Waals surface area contributed by atoms with Crippen molar-refractivity contribution in [3.05, 3.63) is 23.3 Å². The van der Waals surface area contributed by atoms with Gasteiger partial charge in [-0.05, 0) is 17.7 Å². The van der Waals surface area contributed by atoms with Gasteiger partial charge in [-0.1, -0.05) is 5.16 Å². The van der Waals surface area contributed by atoms with Crippen LogP contribution in [0.1, 0.15) is 15.9 Å². The third-order valence-electron chi connectivity index (χ3n) is 2.58. The molecule has 0 spiro atoms. The van der Waals surface area contributed by atoms with E-state index >= 15 is 0 Å². The van der Waals surface area contributed by atoms with Gasteiger partial charge in [0.2, 0.25) is 12.6 Å². The van der Waals surface area contributed by atoms with Crippen molar-refractivity contribution in [2.75, 3.05) is 6.79 Å². The maximum Gasteiger partial charge on any atom is 0.231 e. The Morgan fingerprint density at radius 1 is 1.27 bits per heavy atom. The van der Waals surface area contributed by atoms with Crippen LogP contribution in [0.5, 0.6) is 11.5 Å². The number of rotatable bonds is 0. The molecule has 1 aliphatic carbocycles. The van der Waals surface area contributed by atoms with Gasteiger partial charge in [0.1, 0.15) is 5.71 Å². The van der Waals surface area contributed by atoms with Crippen LogP contribution in [0.3, 0.4) is 0 Å². The average molecular weight is 205 g/mol. The van der Waals surface area contributed by atoms with Crippen molar-refractivity contribution in [2.24, 2.45) is 5.16 Å². The number of benzene rings is 1. The summed E-state index contributed by atoms with van der Waals surface area (Å²) >= 11 is 0. The fourth-order valence-electron chi connectivity index (χ4n) is 1.84. The van der Waals surface area contributed by atoms with Crippen LogP contribution in [0.25, 0.3) is 0 Å². The summed E-state index contributed by atoms with van der Waals surface area (Å²) in [6, 6.07) is 3.39. The molecule has 0 amide bonds. The topological polar surface area (TPSA) is 68.1 Å². The van der Waals surface area contributed by atoms with Gasteiger partial charge in [-0.3, -0.25) is 4.79 Å². The van der Waals surface area contributed by atoms with E-state index in [0.29, 0.717) is 23.5 Å². The lowest BCUT2D eigenvalue weighted by molar-refractivity contribution is 0.106. The zero-order valence-corrected chi connectivity index (χ0v) is 7.69. The van der Waals surface area contributed by atoms with E-state index in [1.54, 1.807) is 12.1 Å². The number of ether oxygens (including phenoxy) is 2. The van der Waals surface area contributed by atoms with Crippen LogP contribution < -0.4 is 9.47 Å². The summed E-state index contributed by atoms with van der Waals surface area (Å²) in [6.45, 7) is 0.188. The number of Topliss-reactive ketones (excluding diaryl/α,β-unsaturated/α-hetero) is 1. The van der Waals surface area contributed by atoms with E-state index in [0.717, 1.165) is 5.56 Å². The number of fused-ring (bicyclic) bond motifs is 2. The first kappa shape index (κ1) is 8.28. The normalized spacial score (nSPS) is 19.7. The molecule has 15 heavy (non-hydrogen) atoms. The van der Waals surface area contributed by atoms with E-state index in [1.165, 1.54) is 0 Å². The van der Waals surface area contributed by atoms with Crippen LogP contribution in [-0.4, -0.2) is 23.5 Å². The molecule has 5 nitrogen and oxygen atoms in total. The predicted octanol–water partition coefficient (Wildman–Crippen LogP) is 0.984. The Labute approximate surface area is 84.9 Å². The second-order valence-electron chi connectivity index (χ2n) is 3.42. The number of ketones is 1. The first-order valence-corrected chi connectivity index (χ1v) is 4.48. The second kappa shape index (κ2) is 2.73. The van der Waals surface area contributed by atoms with Crippen LogP contribution in [0.15, 0.2) is 17.3 Å². The van der Waals surface area contributed by atoms with Gasteiger partial charge < -0.3 is 14.7 Å². The molecule has 0 atom stereocenters. The number of oxime groups is 1. The van der Waals surface area contributed by atoms with Gasteiger partial charge in [-0.25, -0.2) is 0 Å². The average Bonchev–Trinajstić information content (AvgIpc) is 2.80. The maximum atomic E-state index is 11.6. The minimum atomic E-state index is -0.245. The van der Waals surface area contributed by atoms with Crippen molar-refractivity contribution >= 4 is 11.5 Å². The lowest BCUT2D eigenvalue weighted by Gasteiger charge is -1.99. The van der Waals surface area contributed by atoms with Gasteiger partial charge in [0.15, 0.2) is 11.5 Å². The molecule has 1 aromatic carbocycles. The first-order valence-electron chi connectivity index (χ1n) is 4.48. The highest BCUT2D eigenvalue weighted by Crippen LogP contribution is 2.37. The van der Waals surface area contributed by atoms with E-state index in [4.69, 9.17) is 14.7 Å². The van der Waals surface area contributed by atoms with E-state index in [-0.39, 0.29) is 18.3 Å². The van der Waals surface area contributed by atoms with Crippen molar-refractivity contribution < 1.29 is 19.5 Å². The Balaban J connectivity index is 2.17. The highest BCUT2D eigenvalue weighted by Gasteiger charge is 2.30. The van der Waals surface area contributed by atoms with E-state index in [9.17, 15) is 4.79 Å². The van der Waals surface area contributed by atoms with Gasteiger partial charge in [-0.15, -0.1) is 0 Å². The molecule has 0 bridgehead atoms. The summed E-state index contributed by atoms with van der Waals surface area (Å²) in [7, 11) is 0. The minimum Gasteiger partial charge on any atom is -0.454 e. The third kappa shape index (κ3) is 1.03. The molecule has 1 aliphatic heterocycles. The molecule has 1 aromatic rings. The van der Waals surface area contributed by atoms with Crippen LogP contribution in [-0.2, 0) is 6.42 Å². The Hall–Kier alpha value is -2.04. The molecule has 1 heterocycles. The highest BCUT2D eigenvalue weighted by atomic mass is 16.7. The number of carbonyl (C=O) groups excluding carboxylic acids is 1. The summed E-state index contributed by atoms with van der Waals surface area (Å²) < 4.78 is 10.4. The van der Waals surface area contributed by atoms with Crippen molar-refractivity contribution in [1.29, 1.82) is 0 Å². The molecular formula is C10H7NO4. The molecule has 76 valence electrons. The van der Waals surface area contributed by atoms with Gasteiger partial charge >= 0.3 is 0 Å². The van der Waals surface area contributed by atoms with Crippen molar-refractivity contribution in [3.63, 3.8) is 0 Å². The highest BCUT2D eigenvalue weighted by molar-refractivity contribution is 6.49. The molecule has 0 saturated carbocycles. The van der Waals surface area contributed by atoms with E-state index in [2.05, 4.69) is 5.16 Å². The minimum absolute atomic E-state index is 0.161. The molecule has 0 fully saturated rings. The summed E-state index contributed by atoms with van der Waals surface area (Å²) in [6.07, 6.45) is 0.349. The van der Waals surface area contributed by atoms with Crippen molar-refractivity contribution in [2.45, 2.75) is 6.42 Å². The monoisotopic (exact) mass is 205 g/mol. The van der Waals surface area contributed by atoms with Crippen LogP contribution >= 0.6 is 0 Å². The predicted molar refractivity (Wildman–Crippen MR) is 49.8 cm³/mol. The molecule has 0 aromatic heterocycles. The Morgan fingerprint density at radius 2 is 2.00 bits per heavy atom. The van der Waals surface area contributed by atoms with Crippen molar-refractivity contribution in [1.82, 2.24) is 0 Å². The number of hydrogen-bond acceptors (Lipinski definition) is 5. The summed E-state index contributed by atoms with van der Waals surface area (Å²) in [5, 5.41) is 11.6. The molecule has 3 rings (SSSR count). The van der Waals surface area contributed by atoms with Crippen molar-refractivity contribution in [3.8, 4) is 11.5 Å². The molecule has 2 aliphatic rings. The fourth-order valence-corrected chi connectivity index (χ4v) is 1.84. The standard InChI is InChI=1S/C10H7NO4/c12-10-6-3-9-8(14-4-15-9)2-5(6)1-7(10)11-13/h2-3,13H,1,4H2. The molecule has 5 heteroatoms. The molecule has 0 radical (unpaired) electrons. The lowest BCUT2D eigenvalue weighted by Crippen LogP contribution is -2.06. The SMILES string of the molecule is O=C1C(=NO)Cc2cc3c(cc21)OCO3. The zero-order valence-electron chi connectivity index (χ0n) is 7.69.